The predicted molar refractivity (Wildman–Crippen MR) is 76.9 cm³/mol. The van der Waals surface area contributed by atoms with E-state index in [0.717, 1.165) is 12.1 Å². The monoisotopic (exact) mass is 347 g/mol. The Hall–Kier alpha value is -2.12. The third kappa shape index (κ3) is 4.46. The van der Waals surface area contributed by atoms with Crippen LogP contribution in [-0.2, 0) is 11.0 Å². The van der Waals surface area contributed by atoms with Crippen LogP contribution in [0.3, 0.4) is 0 Å². The molecule has 1 amide bonds. The van der Waals surface area contributed by atoms with Crippen LogP contribution in [0.4, 0.5) is 17.6 Å². The first-order valence-electron chi connectivity index (χ1n) is 7.56. The van der Waals surface area contributed by atoms with Gasteiger partial charge in [0.1, 0.15) is 5.82 Å². The number of carbonyl (C=O) groups is 2. The first-order chi connectivity index (χ1) is 11.2. The van der Waals surface area contributed by atoms with Crippen LogP contribution >= 0.6 is 0 Å². The quantitative estimate of drug-likeness (QED) is 0.851. The number of benzene rings is 1. The van der Waals surface area contributed by atoms with E-state index in [2.05, 4.69) is 0 Å². The normalized spacial score (nSPS) is 19.0. The largest absolute Gasteiger partial charge is 0.481 e. The molecule has 0 spiro atoms. The van der Waals surface area contributed by atoms with Gasteiger partial charge < -0.3 is 10.0 Å². The lowest BCUT2D eigenvalue weighted by atomic mass is 9.97. The molecule has 2 rings (SSSR count). The summed E-state index contributed by atoms with van der Waals surface area (Å²) in [5.41, 5.74) is -1.88. The molecule has 1 saturated heterocycles. The average Bonchev–Trinajstić information content (AvgIpc) is 2.70. The highest BCUT2D eigenvalue weighted by molar-refractivity contribution is 5.96. The summed E-state index contributed by atoms with van der Waals surface area (Å²) in [6.07, 6.45) is -3.31. The number of alkyl halides is 3. The molecular formula is C16H17F4NO3. The van der Waals surface area contributed by atoms with Crippen molar-refractivity contribution in [2.75, 3.05) is 13.1 Å². The smallest absolute Gasteiger partial charge is 0.417 e. The number of halogens is 4. The van der Waals surface area contributed by atoms with Gasteiger partial charge in [0, 0.05) is 19.5 Å². The van der Waals surface area contributed by atoms with Crippen molar-refractivity contribution in [3.05, 3.63) is 35.1 Å². The Bertz CT molecular complexity index is 630. The molecule has 1 aromatic carbocycles. The average molecular weight is 347 g/mol. The van der Waals surface area contributed by atoms with Gasteiger partial charge in [-0.1, -0.05) is 0 Å². The molecule has 0 unspecified atom stereocenters. The topological polar surface area (TPSA) is 57.6 Å². The van der Waals surface area contributed by atoms with Gasteiger partial charge in [-0.15, -0.1) is 0 Å². The molecule has 1 aliphatic heterocycles. The van der Waals surface area contributed by atoms with Crippen molar-refractivity contribution in [1.82, 2.24) is 4.90 Å². The molecule has 0 aliphatic carbocycles. The van der Waals surface area contributed by atoms with Gasteiger partial charge in [0.2, 0.25) is 0 Å². The molecule has 8 heteroatoms. The van der Waals surface area contributed by atoms with Crippen molar-refractivity contribution in [2.45, 2.75) is 31.9 Å². The van der Waals surface area contributed by atoms with Gasteiger partial charge in [-0.25, -0.2) is 4.39 Å². The van der Waals surface area contributed by atoms with Crippen LogP contribution in [0.2, 0.25) is 0 Å². The zero-order valence-electron chi connectivity index (χ0n) is 12.8. The molecule has 1 aliphatic rings. The molecule has 0 saturated carbocycles. The van der Waals surface area contributed by atoms with Crippen molar-refractivity contribution < 1.29 is 32.3 Å². The van der Waals surface area contributed by atoms with Gasteiger partial charge in [0.25, 0.3) is 5.91 Å². The number of hydrogen-bond donors (Lipinski definition) is 1. The molecule has 1 fully saturated rings. The number of rotatable bonds is 3. The maximum absolute atomic E-state index is 13.1. The summed E-state index contributed by atoms with van der Waals surface area (Å²) < 4.78 is 52.3. The fraction of sp³-hybridized carbons (Fsp3) is 0.500. The van der Waals surface area contributed by atoms with Crippen molar-refractivity contribution in [3.8, 4) is 0 Å². The molecule has 1 N–H and O–H groups in total. The standard InChI is InChI=1S/C16H17F4NO3/c17-11-3-4-12(13(9-11)16(18,19)20)15(24)21-6-1-2-10(5-7-21)8-14(22)23/h3-4,9-10H,1-2,5-8H2,(H,22,23)/t10-/m1/s1. The third-order valence-corrected chi connectivity index (χ3v) is 4.12. The van der Waals surface area contributed by atoms with Crippen LogP contribution in [0, 0.1) is 11.7 Å². The molecule has 1 atom stereocenters. The zero-order valence-corrected chi connectivity index (χ0v) is 12.8. The zero-order chi connectivity index (χ0) is 17.9. The Morgan fingerprint density at radius 3 is 2.54 bits per heavy atom. The van der Waals surface area contributed by atoms with Gasteiger partial charge in [0.15, 0.2) is 0 Å². The lowest BCUT2D eigenvalue weighted by molar-refractivity contribution is -0.139. The molecule has 4 nitrogen and oxygen atoms in total. The van der Waals surface area contributed by atoms with Gasteiger partial charge in [-0.05, 0) is 43.4 Å². The predicted octanol–water partition coefficient (Wildman–Crippen LogP) is 3.56. The van der Waals surface area contributed by atoms with Gasteiger partial charge in [0.05, 0.1) is 11.1 Å². The molecule has 132 valence electrons. The Kier molecular flexibility index (Phi) is 5.46. The van der Waals surface area contributed by atoms with Crippen LogP contribution in [0.15, 0.2) is 18.2 Å². The number of carboxylic acid groups (broad SMARTS) is 1. The second-order valence-corrected chi connectivity index (χ2v) is 5.87. The third-order valence-electron chi connectivity index (χ3n) is 4.12. The second-order valence-electron chi connectivity index (χ2n) is 5.87. The first-order valence-corrected chi connectivity index (χ1v) is 7.56. The maximum atomic E-state index is 13.1. The second kappa shape index (κ2) is 7.19. The summed E-state index contributed by atoms with van der Waals surface area (Å²) in [6, 6.07) is 1.99. The van der Waals surface area contributed by atoms with E-state index in [-0.39, 0.29) is 25.4 Å². The minimum Gasteiger partial charge on any atom is -0.481 e. The number of carboxylic acids is 1. The number of hydrogen-bond acceptors (Lipinski definition) is 2. The van der Waals surface area contributed by atoms with E-state index in [9.17, 15) is 27.2 Å². The first kappa shape index (κ1) is 18.2. The Balaban J connectivity index is 2.19. The Morgan fingerprint density at radius 2 is 1.92 bits per heavy atom. The Labute approximate surface area is 136 Å². The number of carbonyl (C=O) groups excluding carboxylic acids is 1. The minimum atomic E-state index is -4.83. The van der Waals surface area contributed by atoms with E-state index in [0.29, 0.717) is 25.3 Å². The van der Waals surface area contributed by atoms with Crippen LogP contribution in [0.1, 0.15) is 41.6 Å². The summed E-state index contributed by atoms with van der Waals surface area (Å²) in [7, 11) is 0. The highest BCUT2D eigenvalue weighted by Gasteiger charge is 2.37. The maximum Gasteiger partial charge on any atom is 0.417 e. The van der Waals surface area contributed by atoms with Gasteiger partial charge >= 0.3 is 12.1 Å². The molecule has 0 aromatic heterocycles. The fourth-order valence-corrected chi connectivity index (χ4v) is 2.93. The highest BCUT2D eigenvalue weighted by atomic mass is 19.4. The molecule has 1 aromatic rings. The van der Waals surface area contributed by atoms with Gasteiger partial charge in [-0.3, -0.25) is 9.59 Å². The number of amides is 1. The van der Waals surface area contributed by atoms with E-state index in [1.54, 1.807) is 0 Å². The molecule has 1 heterocycles. The summed E-state index contributed by atoms with van der Waals surface area (Å²) in [6.45, 7) is 0.440. The van der Waals surface area contributed by atoms with Gasteiger partial charge in [-0.2, -0.15) is 13.2 Å². The molecule has 24 heavy (non-hydrogen) atoms. The molecular weight excluding hydrogens is 330 g/mol. The van der Waals surface area contributed by atoms with E-state index >= 15 is 0 Å². The highest BCUT2D eigenvalue weighted by Crippen LogP contribution is 2.33. The lowest BCUT2D eigenvalue weighted by Crippen LogP contribution is -2.33. The summed E-state index contributed by atoms with van der Waals surface area (Å²) in [5, 5.41) is 8.82. The Morgan fingerprint density at radius 1 is 1.21 bits per heavy atom. The minimum absolute atomic E-state index is 0.0214. The number of likely N-dealkylation sites (tertiary alicyclic amines) is 1. The summed E-state index contributed by atoms with van der Waals surface area (Å²) in [4.78, 5) is 24.5. The summed E-state index contributed by atoms with van der Waals surface area (Å²) >= 11 is 0. The molecule has 0 radical (unpaired) electrons. The SMILES string of the molecule is O=C(O)C[C@@H]1CCCN(C(=O)c2ccc(F)cc2C(F)(F)F)CC1. The van der Waals surface area contributed by atoms with Crippen LogP contribution in [0.5, 0.6) is 0 Å². The fourth-order valence-electron chi connectivity index (χ4n) is 2.93. The van der Waals surface area contributed by atoms with Crippen molar-refractivity contribution in [1.29, 1.82) is 0 Å². The van der Waals surface area contributed by atoms with E-state index < -0.39 is 35.0 Å². The number of aliphatic carboxylic acids is 1. The van der Waals surface area contributed by atoms with Crippen LogP contribution < -0.4 is 0 Å². The van der Waals surface area contributed by atoms with E-state index in [1.165, 1.54) is 4.90 Å². The number of nitrogens with zero attached hydrogens (tertiary/aromatic N) is 1. The van der Waals surface area contributed by atoms with Crippen molar-refractivity contribution in [3.63, 3.8) is 0 Å². The van der Waals surface area contributed by atoms with Crippen LogP contribution in [0.25, 0.3) is 0 Å². The van der Waals surface area contributed by atoms with Crippen LogP contribution in [-0.4, -0.2) is 35.0 Å². The molecule has 0 bridgehead atoms. The summed E-state index contributed by atoms with van der Waals surface area (Å²) in [5.74, 6) is -2.90. The van der Waals surface area contributed by atoms with Crippen molar-refractivity contribution >= 4 is 11.9 Å². The lowest BCUT2D eigenvalue weighted by Gasteiger charge is -2.22. The van der Waals surface area contributed by atoms with E-state index in [1.807, 2.05) is 0 Å². The van der Waals surface area contributed by atoms with E-state index in [4.69, 9.17) is 5.11 Å². The van der Waals surface area contributed by atoms with Crippen molar-refractivity contribution in [2.24, 2.45) is 5.92 Å².